The van der Waals surface area contributed by atoms with Crippen LogP contribution in [0, 0.1) is 0 Å². The predicted octanol–water partition coefficient (Wildman–Crippen LogP) is 5.19. The highest BCUT2D eigenvalue weighted by atomic mass is 16.5. The second-order valence-electron chi connectivity index (χ2n) is 7.12. The Morgan fingerprint density at radius 1 is 1.07 bits per heavy atom. The Bertz CT molecular complexity index is 731. The van der Waals surface area contributed by atoms with Crippen molar-refractivity contribution >= 4 is 17.5 Å². The molecule has 3 heteroatoms. The fraction of sp³-hybridized carbons (Fsp3) is 0.440. The maximum Gasteiger partial charge on any atom is 0.131 e. The summed E-state index contributed by atoms with van der Waals surface area (Å²) in [5.74, 6) is 0.484. The molecule has 152 valence electrons. The third-order valence-electron chi connectivity index (χ3n) is 5.22. The molecule has 1 heterocycles. The third kappa shape index (κ3) is 6.22. The van der Waals surface area contributed by atoms with Crippen LogP contribution in [0.1, 0.15) is 56.7 Å². The molecule has 2 aromatic carbocycles. The largest absolute Gasteiger partial charge is 0.378 e. The molecule has 1 atom stereocenters. The van der Waals surface area contributed by atoms with Crippen molar-refractivity contribution in [3.05, 3.63) is 65.2 Å². The lowest BCUT2D eigenvalue weighted by molar-refractivity contribution is -0.256. The van der Waals surface area contributed by atoms with Gasteiger partial charge in [0.15, 0.2) is 0 Å². The molecule has 3 nitrogen and oxygen atoms in total. The molecule has 0 aromatic heterocycles. The van der Waals surface area contributed by atoms with Crippen molar-refractivity contribution < 1.29 is 10.5 Å². The number of anilines is 1. The molecule has 2 aromatic rings. The summed E-state index contributed by atoms with van der Waals surface area (Å²) in [6.07, 6.45) is 6.62. The van der Waals surface area contributed by atoms with E-state index in [4.69, 9.17) is 4.74 Å². The summed E-state index contributed by atoms with van der Waals surface area (Å²) in [5.41, 5.74) is 10.7. The molecule has 0 aliphatic carbocycles. The average Bonchev–Trinajstić information content (AvgIpc) is 2.76. The molecule has 3 rings (SSSR count). The maximum absolute atomic E-state index is 5.42. The number of benzene rings is 2. The Morgan fingerprint density at radius 2 is 1.75 bits per heavy atom. The number of rotatable bonds is 6. The minimum atomic E-state index is 0.484. The van der Waals surface area contributed by atoms with Gasteiger partial charge in [-0.2, -0.15) is 0 Å². The number of hydrogen-bond acceptors (Lipinski definition) is 2. The highest BCUT2D eigenvalue weighted by Crippen LogP contribution is 2.26. The van der Waals surface area contributed by atoms with Gasteiger partial charge < -0.3 is 15.4 Å². The van der Waals surface area contributed by atoms with Crippen LogP contribution >= 0.6 is 0 Å². The van der Waals surface area contributed by atoms with Crippen LogP contribution in [0.2, 0.25) is 0 Å². The first-order valence-electron chi connectivity index (χ1n) is 10.7. The van der Waals surface area contributed by atoms with Crippen LogP contribution in [0.15, 0.2) is 48.5 Å². The lowest BCUT2D eigenvalue weighted by Crippen LogP contribution is -2.41. The molecule has 0 amide bonds. The molecule has 1 aliphatic heterocycles. The van der Waals surface area contributed by atoms with Gasteiger partial charge in [0.2, 0.25) is 0 Å². The molecule has 3 N–H and O–H groups in total. The van der Waals surface area contributed by atoms with Gasteiger partial charge in [-0.1, -0.05) is 58.0 Å². The Balaban J connectivity index is 0.00000136. The highest BCUT2D eigenvalue weighted by Gasteiger charge is 2.12. The normalized spacial score (nSPS) is 15.2. The van der Waals surface area contributed by atoms with Gasteiger partial charge in [-0.3, -0.25) is 0 Å². The molecule has 1 unspecified atom stereocenters. The highest BCUT2D eigenvalue weighted by molar-refractivity contribution is 5.56. The van der Waals surface area contributed by atoms with Crippen LogP contribution in [0.25, 0.3) is 6.08 Å². The zero-order chi connectivity index (χ0) is 20.4. The first-order valence-corrected chi connectivity index (χ1v) is 10.7. The van der Waals surface area contributed by atoms with Crippen molar-refractivity contribution in [1.82, 2.24) is 0 Å². The number of nitrogens with zero attached hydrogens (tertiary/aromatic N) is 1. The van der Waals surface area contributed by atoms with Gasteiger partial charge in [0, 0.05) is 24.3 Å². The number of morpholine rings is 1. The first-order chi connectivity index (χ1) is 13.7. The summed E-state index contributed by atoms with van der Waals surface area (Å²) in [5, 5.41) is 0. The monoisotopic (exact) mass is 381 g/mol. The Morgan fingerprint density at radius 3 is 2.39 bits per heavy atom. The van der Waals surface area contributed by atoms with Crippen LogP contribution in [-0.2, 0) is 11.2 Å². The SMILES string of the molecule is CC.CCc1ccc([NH3+])c(C(C)C/C=C/c2ccc(N3CCOCC3)cc2)c1. The quantitative estimate of drug-likeness (QED) is 0.748. The molecular formula is C25H37N2O+. The Kier molecular flexibility index (Phi) is 9.26. The smallest absolute Gasteiger partial charge is 0.131 e. The van der Waals surface area contributed by atoms with E-state index in [1.807, 2.05) is 13.8 Å². The first kappa shape index (κ1) is 22.2. The summed E-state index contributed by atoms with van der Waals surface area (Å²) in [4.78, 5) is 2.38. The van der Waals surface area contributed by atoms with Gasteiger partial charge in [0.05, 0.1) is 13.2 Å². The van der Waals surface area contributed by atoms with E-state index in [-0.39, 0.29) is 0 Å². The minimum absolute atomic E-state index is 0.484. The lowest BCUT2D eigenvalue weighted by atomic mass is 9.93. The van der Waals surface area contributed by atoms with Gasteiger partial charge in [-0.05, 0) is 54.2 Å². The van der Waals surface area contributed by atoms with Crippen LogP contribution in [0.3, 0.4) is 0 Å². The number of quaternary nitrogens is 1. The molecule has 28 heavy (non-hydrogen) atoms. The van der Waals surface area contributed by atoms with Crippen LogP contribution < -0.4 is 10.6 Å². The van der Waals surface area contributed by atoms with E-state index in [0.29, 0.717) is 5.92 Å². The average molecular weight is 382 g/mol. The van der Waals surface area contributed by atoms with E-state index >= 15 is 0 Å². The summed E-state index contributed by atoms with van der Waals surface area (Å²) < 4.78 is 5.42. The molecule has 1 saturated heterocycles. The maximum atomic E-state index is 5.42. The Hall–Kier alpha value is -2.10. The van der Waals surface area contributed by atoms with E-state index in [2.05, 4.69) is 79.1 Å². The predicted molar refractivity (Wildman–Crippen MR) is 121 cm³/mol. The van der Waals surface area contributed by atoms with Gasteiger partial charge in [0.1, 0.15) is 5.69 Å². The minimum Gasteiger partial charge on any atom is -0.378 e. The third-order valence-corrected chi connectivity index (χ3v) is 5.22. The second kappa shape index (κ2) is 11.7. The molecule has 0 radical (unpaired) electrons. The van der Waals surface area contributed by atoms with Gasteiger partial charge in [-0.25, -0.2) is 0 Å². The standard InChI is InChI=1S/C23H30N2O.C2H6/c1-3-19-9-12-23(24)22(17-19)18(2)5-4-6-20-7-10-21(11-8-20)25-13-15-26-16-14-25;1-2/h4,6-12,17-18H,3,5,13-16,24H2,1-2H3;1-2H3/p+1/b6-4+;. The zero-order valence-electron chi connectivity index (χ0n) is 18.1. The Labute approximate surface area is 171 Å². The van der Waals surface area contributed by atoms with Crippen LogP contribution in [0.5, 0.6) is 0 Å². The second-order valence-corrected chi connectivity index (χ2v) is 7.12. The number of allylic oxidation sites excluding steroid dienone is 1. The van der Waals surface area contributed by atoms with Crippen LogP contribution in [-0.4, -0.2) is 26.3 Å². The van der Waals surface area contributed by atoms with E-state index in [1.54, 1.807) is 0 Å². The van der Waals surface area contributed by atoms with Gasteiger partial charge in [-0.15, -0.1) is 0 Å². The fourth-order valence-electron chi connectivity index (χ4n) is 3.48. The number of hydrogen-bond donors (Lipinski definition) is 1. The van der Waals surface area contributed by atoms with Crippen molar-refractivity contribution in [2.24, 2.45) is 0 Å². The van der Waals surface area contributed by atoms with Crippen LogP contribution in [0.4, 0.5) is 11.4 Å². The summed E-state index contributed by atoms with van der Waals surface area (Å²) in [7, 11) is 0. The summed E-state index contributed by atoms with van der Waals surface area (Å²) >= 11 is 0. The van der Waals surface area contributed by atoms with E-state index in [1.165, 1.54) is 22.4 Å². The molecule has 0 spiro atoms. The van der Waals surface area contributed by atoms with Crippen molar-refractivity contribution in [3.63, 3.8) is 0 Å². The van der Waals surface area contributed by atoms with E-state index in [9.17, 15) is 0 Å². The lowest BCUT2D eigenvalue weighted by Gasteiger charge is -2.28. The number of ether oxygens (including phenoxy) is 1. The van der Waals surface area contributed by atoms with Gasteiger partial charge >= 0.3 is 0 Å². The van der Waals surface area contributed by atoms with E-state index < -0.39 is 0 Å². The summed E-state index contributed by atoms with van der Waals surface area (Å²) in [6.45, 7) is 12.1. The molecule has 0 bridgehead atoms. The topological polar surface area (TPSA) is 40.1 Å². The fourth-order valence-corrected chi connectivity index (χ4v) is 3.48. The van der Waals surface area contributed by atoms with Crippen molar-refractivity contribution in [3.8, 4) is 0 Å². The van der Waals surface area contributed by atoms with E-state index in [0.717, 1.165) is 44.8 Å². The molecule has 1 fully saturated rings. The number of aryl methyl sites for hydroxylation is 1. The van der Waals surface area contributed by atoms with Crippen molar-refractivity contribution in [1.29, 1.82) is 0 Å². The zero-order valence-corrected chi connectivity index (χ0v) is 18.1. The van der Waals surface area contributed by atoms with Gasteiger partial charge in [0.25, 0.3) is 0 Å². The molecule has 0 saturated carbocycles. The molecule has 1 aliphatic rings. The molecular weight excluding hydrogens is 344 g/mol. The van der Waals surface area contributed by atoms with Crippen molar-refractivity contribution in [2.75, 3.05) is 31.2 Å². The van der Waals surface area contributed by atoms with Crippen molar-refractivity contribution in [2.45, 2.75) is 46.5 Å². The summed E-state index contributed by atoms with van der Waals surface area (Å²) in [6, 6.07) is 15.5.